The fourth-order valence-electron chi connectivity index (χ4n) is 1.59. The molecule has 0 unspecified atom stereocenters. The van der Waals surface area contributed by atoms with Gasteiger partial charge in [0.1, 0.15) is 4.90 Å². The number of aromatic nitrogens is 3. The van der Waals surface area contributed by atoms with Crippen LogP contribution in [0.25, 0.3) is 5.69 Å². The molecule has 2 rings (SSSR count). The van der Waals surface area contributed by atoms with Crippen LogP contribution >= 0.6 is 10.2 Å². The van der Waals surface area contributed by atoms with Gasteiger partial charge in [-0.1, -0.05) is 45.4 Å². The molecule has 1 aromatic carbocycles. The molecule has 0 aliphatic carbocycles. The van der Waals surface area contributed by atoms with Gasteiger partial charge in [-0.25, -0.2) is 4.68 Å². The summed E-state index contributed by atoms with van der Waals surface area (Å²) in [7, 11) is -9.63. The Kier molecular flexibility index (Phi) is 2.82. The van der Waals surface area contributed by atoms with E-state index in [1.54, 1.807) is 6.20 Å². The third-order valence-corrected chi connectivity index (χ3v) is 3.97. The van der Waals surface area contributed by atoms with Crippen molar-refractivity contribution in [2.75, 3.05) is 0 Å². The highest BCUT2D eigenvalue weighted by atomic mass is 32.5. The maximum Gasteiger partial charge on any atom is 0.310 e. The summed E-state index contributed by atoms with van der Waals surface area (Å²) in [5.74, 6) is 0. The molecule has 0 aliphatic rings. The van der Waals surface area contributed by atoms with Gasteiger partial charge >= 0.3 is 10.2 Å². The number of hydrogen-bond acceptors (Lipinski definition) is 2. The van der Waals surface area contributed by atoms with Crippen molar-refractivity contribution in [2.24, 2.45) is 0 Å². The first-order valence-corrected chi connectivity index (χ1v) is 7.89. The van der Waals surface area contributed by atoms with Gasteiger partial charge in [-0.2, -0.15) is 0 Å². The number of rotatable bonds is 2. The molecule has 0 spiro atoms. The van der Waals surface area contributed by atoms with E-state index in [4.69, 9.17) is 0 Å². The first-order valence-electron chi connectivity index (χ1n) is 5.94. The predicted octanol–water partition coefficient (Wildman–Crippen LogP) is 5.22. The molecule has 3 nitrogen and oxygen atoms in total. The number of nitrogens with zero attached hydrogens (tertiary/aromatic N) is 3. The van der Waals surface area contributed by atoms with Crippen molar-refractivity contribution in [3.63, 3.8) is 0 Å². The minimum absolute atomic E-state index is 0.226. The second-order valence-corrected chi connectivity index (χ2v) is 8.17. The van der Waals surface area contributed by atoms with Crippen molar-refractivity contribution in [3.05, 3.63) is 36.2 Å². The van der Waals surface area contributed by atoms with E-state index in [-0.39, 0.29) is 11.1 Å². The predicted molar refractivity (Wildman–Crippen MR) is 71.5 cm³/mol. The molecule has 0 saturated carbocycles. The smallest absolute Gasteiger partial charge is 0.220 e. The summed E-state index contributed by atoms with van der Waals surface area (Å²) < 4.78 is 64.3. The fourth-order valence-corrected chi connectivity index (χ4v) is 2.24. The Balaban J connectivity index is 2.39. The molecule has 0 saturated heterocycles. The topological polar surface area (TPSA) is 30.7 Å². The minimum Gasteiger partial charge on any atom is -0.220 e. The quantitative estimate of drug-likeness (QED) is 0.708. The molecule has 0 aliphatic heterocycles. The van der Waals surface area contributed by atoms with Gasteiger partial charge in [-0.05, 0) is 24.3 Å². The average molecular weight is 327 g/mol. The third-order valence-electron chi connectivity index (χ3n) is 2.81. The van der Waals surface area contributed by atoms with E-state index in [9.17, 15) is 19.4 Å². The molecule has 0 amide bonds. The van der Waals surface area contributed by atoms with Crippen molar-refractivity contribution < 1.29 is 19.4 Å². The van der Waals surface area contributed by atoms with E-state index in [2.05, 4.69) is 10.3 Å². The molecule has 0 fully saturated rings. The van der Waals surface area contributed by atoms with Crippen LogP contribution in [0.3, 0.4) is 0 Å². The molecule has 0 atom stereocenters. The normalized spacial score (nSPS) is 16.4. The van der Waals surface area contributed by atoms with Gasteiger partial charge in [0.2, 0.25) is 0 Å². The van der Waals surface area contributed by atoms with Gasteiger partial charge in [0, 0.05) is 5.41 Å². The van der Waals surface area contributed by atoms with Crippen molar-refractivity contribution >= 4 is 10.2 Å². The van der Waals surface area contributed by atoms with Gasteiger partial charge in [0.25, 0.3) is 0 Å². The lowest BCUT2D eigenvalue weighted by Crippen LogP contribution is -2.11. The molecule has 0 radical (unpaired) electrons. The van der Waals surface area contributed by atoms with Crippen LogP contribution in [0.5, 0.6) is 0 Å². The largest absolute Gasteiger partial charge is 0.310 e. The second-order valence-electron chi connectivity index (χ2n) is 5.76. The van der Waals surface area contributed by atoms with Gasteiger partial charge in [-0.15, -0.1) is 5.10 Å². The zero-order valence-corrected chi connectivity index (χ0v) is 12.3. The van der Waals surface area contributed by atoms with Crippen molar-refractivity contribution in [1.82, 2.24) is 15.0 Å². The maximum atomic E-state index is 12.6. The Morgan fingerprint density at radius 1 is 0.952 bits per heavy atom. The molecule has 2 aromatic rings. The Morgan fingerprint density at radius 3 is 1.86 bits per heavy atom. The summed E-state index contributed by atoms with van der Waals surface area (Å²) in [6.45, 7) is 5.70. The summed E-state index contributed by atoms with van der Waals surface area (Å²) in [4.78, 5) is -1.92. The van der Waals surface area contributed by atoms with Crippen LogP contribution in [-0.4, -0.2) is 15.0 Å². The molecular weight excluding hydrogens is 313 g/mol. The van der Waals surface area contributed by atoms with E-state index in [0.717, 1.165) is 12.1 Å². The molecule has 9 heteroatoms. The SMILES string of the molecule is CC(C)(C)c1cn(-c2ccc(S(F)(F)(F)(F)F)cc2)nn1. The summed E-state index contributed by atoms with van der Waals surface area (Å²) in [6, 6.07) is 2.59. The molecule has 0 bridgehead atoms. The monoisotopic (exact) mass is 327 g/mol. The summed E-state index contributed by atoms with van der Waals surface area (Å²) >= 11 is 0. The molecule has 1 heterocycles. The van der Waals surface area contributed by atoms with Crippen molar-refractivity contribution in [2.45, 2.75) is 31.1 Å². The fraction of sp³-hybridized carbons (Fsp3) is 0.333. The van der Waals surface area contributed by atoms with E-state index in [0.29, 0.717) is 17.8 Å². The Morgan fingerprint density at radius 2 is 1.48 bits per heavy atom. The van der Waals surface area contributed by atoms with Crippen LogP contribution in [-0.2, 0) is 5.41 Å². The minimum atomic E-state index is -9.63. The molecule has 21 heavy (non-hydrogen) atoms. The third kappa shape index (κ3) is 3.52. The van der Waals surface area contributed by atoms with E-state index in [1.165, 1.54) is 4.68 Å². The van der Waals surface area contributed by atoms with Crippen LogP contribution in [0.4, 0.5) is 19.4 Å². The van der Waals surface area contributed by atoms with Crippen LogP contribution in [0.1, 0.15) is 26.5 Å². The summed E-state index contributed by atoms with van der Waals surface area (Å²) in [5, 5.41) is 7.70. The Bertz CT molecular complexity index is 668. The van der Waals surface area contributed by atoms with Crippen molar-refractivity contribution in [1.29, 1.82) is 0 Å². The van der Waals surface area contributed by atoms with E-state index in [1.807, 2.05) is 20.8 Å². The van der Waals surface area contributed by atoms with E-state index < -0.39 is 15.1 Å². The lowest BCUT2D eigenvalue weighted by atomic mass is 9.93. The molecule has 118 valence electrons. The summed E-state index contributed by atoms with van der Waals surface area (Å²) in [6.07, 6.45) is 1.55. The highest BCUT2D eigenvalue weighted by Gasteiger charge is 2.65. The average Bonchev–Trinajstić information content (AvgIpc) is 2.75. The van der Waals surface area contributed by atoms with Crippen LogP contribution in [0.15, 0.2) is 35.4 Å². The Labute approximate surface area is 118 Å². The number of hydrogen-bond donors (Lipinski definition) is 0. The lowest BCUT2D eigenvalue weighted by molar-refractivity contribution is 0.364. The molecule has 1 aromatic heterocycles. The number of benzene rings is 1. The summed E-state index contributed by atoms with van der Waals surface area (Å²) in [5.41, 5.74) is 0.588. The zero-order valence-electron chi connectivity index (χ0n) is 11.5. The van der Waals surface area contributed by atoms with Gasteiger partial charge < -0.3 is 0 Å². The van der Waals surface area contributed by atoms with Crippen LogP contribution in [0.2, 0.25) is 0 Å². The van der Waals surface area contributed by atoms with Gasteiger partial charge in [0.15, 0.2) is 0 Å². The van der Waals surface area contributed by atoms with Gasteiger partial charge in [-0.3, -0.25) is 0 Å². The zero-order chi connectivity index (χ0) is 16.2. The van der Waals surface area contributed by atoms with Crippen molar-refractivity contribution in [3.8, 4) is 5.69 Å². The highest BCUT2D eigenvalue weighted by molar-refractivity contribution is 8.45. The van der Waals surface area contributed by atoms with E-state index >= 15 is 0 Å². The van der Waals surface area contributed by atoms with Gasteiger partial charge in [0.05, 0.1) is 17.6 Å². The lowest BCUT2D eigenvalue weighted by Gasteiger charge is -2.40. The van der Waals surface area contributed by atoms with Crippen LogP contribution < -0.4 is 0 Å². The second kappa shape index (κ2) is 3.76. The first kappa shape index (κ1) is 15.7. The Hall–Kier alpha value is -1.64. The van der Waals surface area contributed by atoms with Crippen LogP contribution in [0, 0.1) is 0 Å². The maximum absolute atomic E-state index is 12.6. The molecule has 0 N–H and O–H groups in total. The molecular formula is C12H14F5N3S. The standard InChI is InChI=1S/C12H14F5N3S/c1-12(2,3)11-8-20(19-18-11)9-4-6-10(7-5-9)21(13,14,15,16)17/h4-8H,1-3H3. The highest BCUT2D eigenvalue weighted by Crippen LogP contribution is 3.02. The number of halogens is 5. The first-order chi connectivity index (χ1) is 9.16.